The highest BCUT2D eigenvalue weighted by Crippen LogP contribution is 2.18. The van der Waals surface area contributed by atoms with Crippen LogP contribution in [-0.2, 0) is 9.53 Å². The zero-order chi connectivity index (χ0) is 17.3. The molecule has 0 atom stereocenters. The van der Waals surface area contributed by atoms with Gasteiger partial charge in [0.2, 0.25) is 0 Å². The van der Waals surface area contributed by atoms with E-state index in [4.69, 9.17) is 4.74 Å². The summed E-state index contributed by atoms with van der Waals surface area (Å²) in [6.07, 6.45) is 17.9. The van der Waals surface area contributed by atoms with E-state index in [1.165, 1.54) is 77.0 Å². The van der Waals surface area contributed by atoms with Crippen LogP contribution in [0.3, 0.4) is 0 Å². The minimum Gasteiger partial charge on any atom is -0.462 e. The van der Waals surface area contributed by atoms with Gasteiger partial charge in [0.15, 0.2) is 0 Å². The third-order valence-corrected chi connectivity index (χ3v) is 4.51. The van der Waals surface area contributed by atoms with Crippen molar-refractivity contribution in [3.05, 3.63) is 0 Å². The number of carbonyl (C=O) groups excluding carboxylic acids is 1. The summed E-state index contributed by atoms with van der Waals surface area (Å²) in [5.41, 5.74) is 0. The molecule has 0 aromatic rings. The van der Waals surface area contributed by atoms with Gasteiger partial charge in [0.05, 0.1) is 5.92 Å². The van der Waals surface area contributed by atoms with E-state index in [2.05, 4.69) is 13.8 Å². The molecule has 0 aliphatic carbocycles. The van der Waals surface area contributed by atoms with Gasteiger partial charge in [0, 0.05) is 0 Å². The number of rotatable bonds is 16. The third kappa shape index (κ3) is 14.8. The molecule has 0 aliphatic rings. The first-order valence-corrected chi connectivity index (χ1v) is 10.3. The number of unbranched alkanes of at least 4 members (excludes halogenated alkanes) is 10. The van der Waals surface area contributed by atoms with Crippen molar-refractivity contribution < 1.29 is 9.53 Å². The second-order valence-corrected chi connectivity index (χ2v) is 7.33. The first kappa shape index (κ1) is 22.5. The molecule has 138 valence electrons. The average Bonchev–Trinajstić information content (AvgIpc) is 2.53. The molecule has 2 nitrogen and oxygen atoms in total. The second kappa shape index (κ2) is 16.3. The Hall–Kier alpha value is -0.530. The summed E-state index contributed by atoms with van der Waals surface area (Å²) in [7, 11) is 0. The van der Waals surface area contributed by atoms with Gasteiger partial charge >= 0.3 is 5.97 Å². The lowest BCUT2D eigenvalue weighted by atomic mass is 10.0. The monoisotopic (exact) mass is 326 g/mol. The highest BCUT2D eigenvalue weighted by Gasteiger charge is 2.16. The van der Waals surface area contributed by atoms with Crippen molar-refractivity contribution >= 4 is 5.97 Å². The van der Waals surface area contributed by atoms with Crippen LogP contribution in [-0.4, -0.2) is 12.1 Å². The van der Waals surface area contributed by atoms with E-state index in [-0.39, 0.29) is 18.0 Å². The molecule has 0 rings (SSSR count). The maximum absolute atomic E-state index is 11.9. The second-order valence-electron chi connectivity index (χ2n) is 7.33. The highest BCUT2D eigenvalue weighted by atomic mass is 16.5. The zero-order valence-electron chi connectivity index (χ0n) is 16.4. The van der Waals surface area contributed by atoms with Crippen molar-refractivity contribution in [2.45, 2.75) is 124 Å². The van der Waals surface area contributed by atoms with Crippen molar-refractivity contribution in [3.8, 4) is 0 Å². The number of hydrogen-bond acceptors (Lipinski definition) is 2. The summed E-state index contributed by atoms with van der Waals surface area (Å²) in [5, 5.41) is 0. The molecule has 0 amide bonds. The molecule has 0 unspecified atom stereocenters. The zero-order valence-corrected chi connectivity index (χ0v) is 16.4. The summed E-state index contributed by atoms with van der Waals surface area (Å²) in [6.45, 7) is 8.35. The lowest BCUT2D eigenvalue weighted by molar-refractivity contribution is -0.153. The Labute approximate surface area is 145 Å². The minimum absolute atomic E-state index is 0.00777. The van der Waals surface area contributed by atoms with E-state index in [9.17, 15) is 4.79 Å². The van der Waals surface area contributed by atoms with Crippen LogP contribution in [0.25, 0.3) is 0 Å². The average molecular weight is 327 g/mol. The van der Waals surface area contributed by atoms with Gasteiger partial charge in [-0.3, -0.25) is 4.79 Å². The van der Waals surface area contributed by atoms with E-state index in [1.807, 2.05) is 13.8 Å². The largest absolute Gasteiger partial charge is 0.462 e. The minimum atomic E-state index is -0.0213. The lowest BCUT2D eigenvalue weighted by Gasteiger charge is -2.19. The Kier molecular flexibility index (Phi) is 16.0. The summed E-state index contributed by atoms with van der Waals surface area (Å²) in [4.78, 5) is 11.9. The van der Waals surface area contributed by atoms with Crippen molar-refractivity contribution in [2.24, 2.45) is 5.92 Å². The molecule has 0 aromatic heterocycles. The highest BCUT2D eigenvalue weighted by molar-refractivity contribution is 5.71. The molecule has 0 aromatic carbocycles. The van der Waals surface area contributed by atoms with Crippen LogP contribution in [0.1, 0.15) is 118 Å². The Bertz CT molecular complexity index is 245. The van der Waals surface area contributed by atoms with Crippen LogP contribution in [0.2, 0.25) is 0 Å². The van der Waals surface area contributed by atoms with E-state index in [0.717, 1.165) is 12.8 Å². The van der Waals surface area contributed by atoms with Gasteiger partial charge in [-0.25, -0.2) is 0 Å². The van der Waals surface area contributed by atoms with Gasteiger partial charge in [0.1, 0.15) is 6.10 Å². The van der Waals surface area contributed by atoms with E-state index in [1.54, 1.807) is 0 Å². The molecule has 0 saturated carbocycles. The van der Waals surface area contributed by atoms with Crippen LogP contribution < -0.4 is 0 Å². The van der Waals surface area contributed by atoms with Gasteiger partial charge in [-0.2, -0.15) is 0 Å². The third-order valence-electron chi connectivity index (χ3n) is 4.51. The Balaban J connectivity index is 3.91. The van der Waals surface area contributed by atoms with Gasteiger partial charge in [-0.05, 0) is 25.7 Å². The lowest BCUT2D eigenvalue weighted by Crippen LogP contribution is -2.21. The number of carbonyl (C=O) groups is 1. The molecular formula is C21H42O2. The molecule has 0 aliphatic heterocycles. The molecule has 0 fully saturated rings. The fraction of sp³-hybridized carbons (Fsp3) is 0.952. The predicted octanol–water partition coefficient (Wildman–Crippen LogP) is 7.06. The molecule has 0 radical (unpaired) electrons. The van der Waals surface area contributed by atoms with E-state index in [0.29, 0.717) is 0 Å². The molecular weight excluding hydrogens is 284 g/mol. The number of hydrogen-bond donors (Lipinski definition) is 0. The summed E-state index contributed by atoms with van der Waals surface area (Å²) < 4.78 is 5.73. The SMILES string of the molecule is CCCCCCCCC(CCCCCCCC)OC(=O)C(C)C. The maximum Gasteiger partial charge on any atom is 0.308 e. The predicted molar refractivity (Wildman–Crippen MR) is 101 cm³/mol. The molecule has 0 bridgehead atoms. The van der Waals surface area contributed by atoms with Gasteiger partial charge < -0.3 is 4.74 Å². The van der Waals surface area contributed by atoms with Gasteiger partial charge in [0.25, 0.3) is 0 Å². The number of esters is 1. The maximum atomic E-state index is 11.9. The normalized spacial score (nSPS) is 11.4. The van der Waals surface area contributed by atoms with Crippen molar-refractivity contribution in [2.75, 3.05) is 0 Å². The Morgan fingerprint density at radius 3 is 1.48 bits per heavy atom. The molecule has 0 N–H and O–H groups in total. The van der Waals surface area contributed by atoms with E-state index >= 15 is 0 Å². The van der Waals surface area contributed by atoms with Crippen LogP contribution in [0.15, 0.2) is 0 Å². The van der Waals surface area contributed by atoms with Gasteiger partial charge in [-0.1, -0.05) is 91.9 Å². The van der Waals surface area contributed by atoms with Crippen molar-refractivity contribution in [1.29, 1.82) is 0 Å². The van der Waals surface area contributed by atoms with Crippen LogP contribution in [0.4, 0.5) is 0 Å². The van der Waals surface area contributed by atoms with Crippen LogP contribution in [0, 0.1) is 5.92 Å². The van der Waals surface area contributed by atoms with Crippen LogP contribution >= 0.6 is 0 Å². The first-order valence-electron chi connectivity index (χ1n) is 10.3. The summed E-state index contributed by atoms with van der Waals surface area (Å²) in [5.74, 6) is -0.0291. The fourth-order valence-corrected chi connectivity index (χ4v) is 2.87. The van der Waals surface area contributed by atoms with Crippen molar-refractivity contribution in [1.82, 2.24) is 0 Å². The van der Waals surface area contributed by atoms with Crippen molar-refractivity contribution in [3.63, 3.8) is 0 Å². The fourth-order valence-electron chi connectivity index (χ4n) is 2.87. The topological polar surface area (TPSA) is 26.3 Å². The van der Waals surface area contributed by atoms with Crippen LogP contribution in [0.5, 0.6) is 0 Å². The first-order chi connectivity index (χ1) is 11.1. The summed E-state index contributed by atoms with van der Waals surface area (Å²) in [6, 6.07) is 0. The molecule has 0 heterocycles. The molecule has 23 heavy (non-hydrogen) atoms. The molecule has 0 saturated heterocycles. The number of ether oxygens (including phenoxy) is 1. The molecule has 0 spiro atoms. The Morgan fingerprint density at radius 2 is 1.09 bits per heavy atom. The van der Waals surface area contributed by atoms with Gasteiger partial charge in [-0.15, -0.1) is 0 Å². The standard InChI is InChI=1S/C21H42O2/c1-5-7-9-11-13-15-17-20(23-21(22)19(3)4)18-16-14-12-10-8-6-2/h19-20H,5-18H2,1-4H3. The molecule has 2 heteroatoms. The quantitative estimate of drug-likeness (QED) is 0.224. The summed E-state index contributed by atoms with van der Waals surface area (Å²) >= 11 is 0. The van der Waals surface area contributed by atoms with E-state index < -0.39 is 0 Å². The Morgan fingerprint density at radius 1 is 0.696 bits per heavy atom. The smallest absolute Gasteiger partial charge is 0.308 e.